The van der Waals surface area contributed by atoms with Gasteiger partial charge in [-0.25, -0.2) is 4.98 Å². The van der Waals surface area contributed by atoms with E-state index in [0.717, 1.165) is 22.2 Å². The molecule has 0 aliphatic carbocycles. The second-order valence-corrected chi connectivity index (χ2v) is 7.24. The quantitative estimate of drug-likeness (QED) is 0.416. The van der Waals surface area contributed by atoms with Gasteiger partial charge in [0.05, 0.1) is 25.1 Å². The smallest absolute Gasteiger partial charge is 0.199 e. The van der Waals surface area contributed by atoms with E-state index < -0.39 is 0 Å². The first-order valence-electron chi connectivity index (χ1n) is 9.67. The van der Waals surface area contributed by atoms with Crippen LogP contribution in [-0.4, -0.2) is 14.1 Å². The van der Waals surface area contributed by atoms with Gasteiger partial charge in [0.25, 0.3) is 0 Å². The number of nitrogens with zero attached hydrogens (tertiary/aromatic N) is 4. The van der Waals surface area contributed by atoms with Crippen LogP contribution < -0.4 is 0 Å². The lowest BCUT2D eigenvalue weighted by molar-refractivity contribution is 0.519. The summed E-state index contributed by atoms with van der Waals surface area (Å²) >= 11 is 0. The summed E-state index contributed by atoms with van der Waals surface area (Å²) < 4.78 is 10.4. The van der Waals surface area contributed by atoms with Gasteiger partial charge in [-0.15, -0.1) is 0 Å². The highest BCUT2D eigenvalue weighted by atomic mass is 16.4. The molecule has 3 heterocycles. The maximum Gasteiger partial charge on any atom is 0.199 e. The third kappa shape index (κ3) is 2.99. The molecule has 29 heavy (non-hydrogen) atoms. The van der Waals surface area contributed by atoms with E-state index in [1.54, 1.807) is 6.20 Å². The van der Waals surface area contributed by atoms with E-state index in [-0.39, 0.29) is 0 Å². The number of para-hydroxylation sites is 2. The maximum absolute atomic E-state index is 8.95. The molecule has 5 nitrogen and oxygen atoms in total. The molecule has 0 N–H and O–H groups in total. The fourth-order valence-corrected chi connectivity index (χ4v) is 4.04. The number of fused-ring (bicyclic) bond motifs is 2. The lowest BCUT2D eigenvalue weighted by Gasteiger charge is -2.00. The Morgan fingerprint density at radius 3 is 2.59 bits per heavy atom. The first-order chi connectivity index (χ1) is 14.2. The van der Waals surface area contributed by atoms with Gasteiger partial charge in [0.1, 0.15) is 0 Å². The van der Waals surface area contributed by atoms with E-state index in [9.17, 15) is 0 Å². The molecule has 0 fully saturated rings. The fourth-order valence-electron chi connectivity index (χ4n) is 4.04. The molecular weight excluding hydrogens is 360 g/mol. The van der Waals surface area contributed by atoms with Gasteiger partial charge < -0.3 is 13.6 Å². The standard InChI is InChI=1S/C24H20N4O/c1-27-15-17(18-7-2-4-9-21(18)27)13-24-26-14-23(29-24)20-16-28(12-6-11-25)22-10-5-3-8-19(20)22/h2-5,7-10,14-16H,6,12-13H2,1H3. The summed E-state index contributed by atoms with van der Waals surface area (Å²) in [6.07, 6.45) is 7.12. The topological polar surface area (TPSA) is 59.7 Å². The maximum atomic E-state index is 8.95. The average molecular weight is 380 g/mol. The summed E-state index contributed by atoms with van der Waals surface area (Å²) in [4.78, 5) is 4.54. The third-order valence-corrected chi connectivity index (χ3v) is 5.39. The van der Waals surface area contributed by atoms with E-state index in [0.29, 0.717) is 25.3 Å². The predicted molar refractivity (Wildman–Crippen MR) is 113 cm³/mol. The van der Waals surface area contributed by atoms with Gasteiger partial charge in [-0.1, -0.05) is 36.4 Å². The number of oxazole rings is 1. The van der Waals surface area contributed by atoms with Crippen LogP contribution in [0.1, 0.15) is 17.9 Å². The summed E-state index contributed by atoms with van der Waals surface area (Å²) in [5.74, 6) is 1.46. The predicted octanol–water partition coefficient (Wildman–Crippen LogP) is 5.29. The summed E-state index contributed by atoms with van der Waals surface area (Å²) in [5.41, 5.74) is 4.52. The number of benzene rings is 2. The molecule has 0 unspecified atom stereocenters. The molecule has 0 saturated heterocycles. The molecule has 5 heteroatoms. The minimum Gasteiger partial charge on any atom is -0.440 e. The molecular formula is C24H20N4O. The number of aromatic nitrogens is 3. The van der Waals surface area contributed by atoms with Crippen molar-refractivity contribution in [3.05, 3.63) is 78.6 Å². The molecule has 3 aromatic heterocycles. The molecule has 0 amide bonds. The molecule has 0 spiro atoms. The van der Waals surface area contributed by atoms with E-state index in [1.807, 2.05) is 12.1 Å². The van der Waals surface area contributed by atoms with E-state index in [4.69, 9.17) is 9.68 Å². The van der Waals surface area contributed by atoms with E-state index >= 15 is 0 Å². The molecule has 0 aliphatic rings. The van der Waals surface area contributed by atoms with Crippen molar-refractivity contribution in [3.8, 4) is 17.4 Å². The SMILES string of the molecule is Cn1cc(Cc2ncc(-c3cn(CCC#N)c4ccccc34)o2)c2ccccc21. The molecule has 0 radical (unpaired) electrons. The van der Waals surface area contributed by atoms with Crippen molar-refractivity contribution in [1.82, 2.24) is 14.1 Å². The number of hydrogen-bond acceptors (Lipinski definition) is 3. The highest BCUT2D eigenvalue weighted by molar-refractivity contribution is 5.94. The number of hydrogen-bond donors (Lipinski definition) is 0. The molecule has 2 aromatic carbocycles. The van der Waals surface area contributed by atoms with Crippen molar-refractivity contribution in [2.45, 2.75) is 19.4 Å². The Labute approximate surface area is 168 Å². The largest absolute Gasteiger partial charge is 0.440 e. The van der Waals surface area contributed by atoms with Crippen molar-refractivity contribution in [3.63, 3.8) is 0 Å². The highest BCUT2D eigenvalue weighted by Gasteiger charge is 2.15. The number of rotatable bonds is 5. The van der Waals surface area contributed by atoms with Gasteiger partial charge in [0.2, 0.25) is 0 Å². The van der Waals surface area contributed by atoms with Gasteiger partial charge in [0.15, 0.2) is 11.7 Å². The Kier molecular flexibility index (Phi) is 4.18. The third-order valence-electron chi connectivity index (χ3n) is 5.39. The lowest BCUT2D eigenvalue weighted by Crippen LogP contribution is -1.93. The van der Waals surface area contributed by atoms with Crippen molar-refractivity contribution >= 4 is 21.8 Å². The average Bonchev–Trinajstić information content (AvgIpc) is 3.44. The first kappa shape index (κ1) is 17.3. The molecule has 0 atom stereocenters. The Bertz CT molecular complexity index is 1360. The van der Waals surface area contributed by atoms with Crippen LogP contribution in [0.15, 0.2) is 71.5 Å². The van der Waals surface area contributed by atoms with Crippen molar-refractivity contribution in [2.75, 3.05) is 0 Å². The molecule has 0 saturated carbocycles. The fraction of sp³-hybridized carbons (Fsp3) is 0.167. The van der Waals surface area contributed by atoms with E-state index in [2.05, 4.69) is 76.0 Å². The lowest BCUT2D eigenvalue weighted by atomic mass is 10.1. The van der Waals surface area contributed by atoms with E-state index in [1.165, 1.54) is 16.5 Å². The first-order valence-corrected chi connectivity index (χ1v) is 9.67. The molecule has 5 rings (SSSR count). The van der Waals surface area contributed by atoms with Crippen LogP contribution in [0.25, 0.3) is 33.1 Å². The van der Waals surface area contributed by atoms with Crippen LogP contribution in [0.2, 0.25) is 0 Å². The van der Waals surface area contributed by atoms with Gasteiger partial charge in [-0.05, 0) is 17.7 Å². The Hall–Kier alpha value is -3.78. The molecule has 142 valence electrons. The Balaban J connectivity index is 1.51. The van der Waals surface area contributed by atoms with Gasteiger partial charge in [-0.3, -0.25) is 0 Å². The summed E-state index contributed by atoms with van der Waals surface area (Å²) in [6.45, 7) is 0.661. The zero-order chi connectivity index (χ0) is 19.8. The minimum atomic E-state index is 0.473. The van der Waals surface area contributed by atoms with Gasteiger partial charge >= 0.3 is 0 Å². The Morgan fingerprint density at radius 1 is 1.00 bits per heavy atom. The Morgan fingerprint density at radius 2 is 1.76 bits per heavy atom. The van der Waals surface area contributed by atoms with Crippen LogP contribution in [0.5, 0.6) is 0 Å². The van der Waals surface area contributed by atoms with Gasteiger partial charge in [-0.2, -0.15) is 5.26 Å². The molecule has 5 aromatic rings. The zero-order valence-electron chi connectivity index (χ0n) is 16.2. The zero-order valence-corrected chi connectivity index (χ0v) is 16.2. The second-order valence-electron chi connectivity index (χ2n) is 7.24. The summed E-state index contributed by atoms with van der Waals surface area (Å²) in [5, 5.41) is 11.3. The van der Waals surface area contributed by atoms with Gasteiger partial charge in [0, 0.05) is 53.4 Å². The van der Waals surface area contributed by atoms with Crippen LogP contribution in [0, 0.1) is 11.3 Å². The number of aryl methyl sites for hydroxylation is 2. The summed E-state index contributed by atoms with van der Waals surface area (Å²) in [6, 6.07) is 18.8. The van der Waals surface area contributed by atoms with Crippen LogP contribution in [-0.2, 0) is 20.0 Å². The van der Waals surface area contributed by atoms with Crippen LogP contribution in [0.3, 0.4) is 0 Å². The van der Waals surface area contributed by atoms with Crippen LogP contribution in [0.4, 0.5) is 0 Å². The molecule has 0 aliphatic heterocycles. The minimum absolute atomic E-state index is 0.473. The number of nitriles is 1. The van der Waals surface area contributed by atoms with Crippen molar-refractivity contribution in [1.29, 1.82) is 5.26 Å². The highest BCUT2D eigenvalue weighted by Crippen LogP contribution is 2.32. The van der Waals surface area contributed by atoms with Crippen LogP contribution >= 0.6 is 0 Å². The van der Waals surface area contributed by atoms with Crippen molar-refractivity contribution in [2.24, 2.45) is 7.05 Å². The monoisotopic (exact) mass is 380 g/mol. The summed E-state index contributed by atoms with van der Waals surface area (Å²) in [7, 11) is 2.06. The second kappa shape index (κ2) is 6.99. The normalized spacial score (nSPS) is 11.3. The van der Waals surface area contributed by atoms with Crippen molar-refractivity contribution < 1.29 is 4.42 Å². The molecule has 0 bridgehead atoms.